The van der Waals surface area contributed by atoms with Crippen LogP contribution in [0.1, 0.15) is 72.4 Å². The van der Waals surface area contributed by atoms with E-state index in [1.54, 1.807) is 0 Å². The quantitative estimate of drug-likeness (QED) is 0.551. The van der Waals surface area contributed by atoms with Crippen LogP contribution in [0, 0.1) is 46.5 Å². The molecular weight excluding hydrogens is 323 g/mol. The first-order valence-electron chi connectivity index (χ1n) is 10.7. The molecule has 2 aromatic rings. The molecule has 0 N–H and O–H groups in total. The van der Waals surface area contributed by atoms with Crippen LogP contribution in [0.5, 0.6) is 0 Å². The maximum atomic E-state index is 6.24. The predicted octanol–water partition coefficient (Wildman–Crippen LogP) is 6.45. The lowest BCUT2D eigenvalue weighted by atomic mass is 9.79. The smallest absolute Gasteiger partial charge is 0.0906 e. The van der Waals surface area contributed by atoms with Crippen molar-refractivity contribution in [1.82, 2.24) is 0 Å². The van der Waals surface area contributed by atoms with Gasteiger partial charge in [-0.05, 0) is 92.7 Å². The molecule has 3 rings (SSSR count). The molecule has 0 bridgehead atoms. The number of hydrogen-bond donors (Lipinski definition) is 0. The van der Waals surface area contributed by atoms with Gasteiger partial charge in [-0.2, -0.15) is 0 Å². The summed E-state index contributed by atoms with van der Waals surface area (Å²) in [5, 5.41) is 0. The van der Waals surface area contributed by atoms with E-state index < -0.39 is 0 Å². The van der Waals surface area contributed by atoms with Gasteiger partial charge in [0, 0.05) is 0 Å². The van der Waals surface area contributed by atoms with Crippen molar-refractivity contribution in [1.29, 1.82) is 0 Å². The summed E-state index contributed by atoms with van der Waals surface area (Å²) in [7, 11) is 6.24. The minimum absolute atomic E-state index is 0.934. The van der Waals surface area contributed by atoms with Crippen LogP contribution in [0.15, 0.2) is 18.2 Å². The van der Waals surface area contributed by atoms with Crippen molar-refractivity contribution < 1.29 is 0 Å². The molecule has 1 saturated carbocycles. The van der Waals surface area contributed by atoms with Gasteiger partial charge in [-0.3, -0.25) is 0 Å². The highest BCUT2D eigenvalue weighted by atomic mass is 14.2. The van der Waals surface area contributed by atoms with Crippen molar-refractivity contribution in [3.05, 3.63) is 51.6 Å². The Hall–Kier alpha value is -1.50. The molecule has 0 spiro atoms. The molecule has 1 aliphatic carbocycles. The van der Waals surface area contributed by atoms with Gasteiger partial charge in [-0.1, -0.05) is 67.4 Å². The van der Waals surface area contributed by atoms with E-state index in [0.717, 1.165) is 17.3 Å². The van der Waals surface area contributed by atoms with Crippen molar-refractivity contribution in [3.8, 4) is 11.1 Å². The monoisotopic (exact) mass is 358 g/mol. The molecule has 1 fully saturated rings. The van der Waals surface area contributed by atoms with Crippen molar-refractivity contribution in [2.75, 3.05) is 0 Å². The van der Waals surface area contributed by atoms with Crippen LogP contribution in [-0.2, 0) is 6.42 Å². The van der Waals surface area contributed by atoms with Gasteiger partial charge < -0.3 is 0 Å². The highest BCUT2D eigenvalue weighted by molar-refractivity contribution is 6.34. The third kappa shape index (κ3) is 4.18. The Bertz CT molecular complexity index is 823. The van der Waals surface area contributed by atoms with Crippen LogP contribution in [-0.4, -0.2) is 7.85 Å². The molecule has 0 aromatic heterocycles. The second-order valence-electron chi connectivity index (χ2n) is 9.09. The van der Waals surface area contributed by atoms with E-state index in [1.165, 1.54) is 83.0 Å². The molecule has 0 amide bonds. The van der Waals surface area contributed by atoms with Gasteiger partial charge in [0.1, 0.15) is 7.85 Å². The lowest BCUT2D eigenvalue weighted by Crippen LogP contribution is -2.14. The Morgan fingerprint density at radius 1 is 0.815 bits per heavy atom. The molecule has 0 heterocycles. The first-order chi connectivity index (χ1) is 12.8. The minimum Gasteiger partial charge on any atom is -0.0906 e. The molecule has 27 heavy (non-hydrogen) atoms. The summed E-state index contributed by atoms with van der Waals surface area (Å²) in [5.41, 5.74) is 11.8. The van der Waals surface area contributed by atoms with Gasteiger partial charge in [0.2, 0.25) is 0 Å². The van der Waals surface area contributed by atoms with Gasteiger partial charge in [0.05, 0.1) is 0 Å². The standard InChI is InChI=1S/C26H35B/c1-16-7-9-22(10-8-16)11-12-23-13-14-24(19(4)18(23)3)25-15-17(2)26(27)21(6)20(25)5/h13-16,22H,7-12H2,1-6H3. The molecule has 2 radical (unpaired) electrons. The highest BCUT2D eigenvalue weighted by Gasteiger charge is 2.19. The Morgan fingerprint density at radius 3 is 2.11 bits per heavy atom. The van der Waals surface area contributed by atoms with Crippen molar-refractivity contribution in [3.63, 3.8) is 0 Å². The fourth-order valence-corrected chi connectivity index (χ4v) is 4.80. The maximum Gasteiger partial charge on any atom is 0.114 e. The number of benzene rings is 2. The third-order valence-electron chi connectivity index (χ3n) is 7.30. The van der Waals surface area contributed by atoms with E-state index in [0.29, 0.717) is 0 Å². The van der Waals surface area contributed by atoms with Gasteiger partial charge in [-0.25, -0.2) is 0 Å². The molecule has 0 aliphatic heterocycles. The van der Waals surface area contributed by atoms with Gasteiger partial charge in [0.15, 0.2) is 0 Å². The SMILES string of the molecule is [B]c1c(C)cc(-c2ccc(CCC3CCC(C)CC3)c(C)c2C)c(C)c1C. The second kappa shape index (κ2) is 8.25. The summed E-state index contributed by atoms with van der Waals surface area (Å²) in [4.78, 5) is 0. The van der Waals surface area contributed by atoms with Gasteiger partial charge >= 0.3 is 0 Å². The molecule has 0 unspecified atom stereocenters. The average molecular weight is 358 g/mol. The maximum absolute atomic E-state index is 6.24. The summed E-state index contributed by atoms with van der Waals surface area (Å²) >= 11 is 0. The number of hydrogen-bond acceptors (Lipinski definition) is 0. The van der Waals surface area contributed by atoms with Crippen molar-refractivity contribution in [2.24, 2.45) is 11.8 Å². The van der Waals surface area contributed by atoms with Crippen LogP contribution in [0.2, 0.25) is 0 Å². The van der Waals surface area contributed by atoms with E-state index in [2.05, 4.69) is 59.7 Å². The Balaban J connectivity index is 1.84. The zero-order valence-electron chi connectivity index (χ0n) is 18.2. The first-order valence-corrected chi connectivity index (χ1v) is 10.7. The second-order valence-corrected chi connectivity index (χ2v) is 9.09. The molecule has 1 aliphatic rings. The van der Waals surface area contributed by atoms with Crippen LogP contribution in [0.25, 0.3) is 11.1 Å². The van der Waals surface area contributed by atoms with Crippen LogP contribution < -0.4 is 5.46 Å². The zero-order valence-corrected chi connectivity index (χ0v) is 18.2. The topological polar surface area (TPSA) is 0 Å². The van der Waals surface area contributed by atoms with Gasteiger partial charge in [-0.15, -0.1) is 0 Å². The Kier molecular flexibility index (Phi) is 6.19. The fraction of sp³-hybridized carbons (Fsp3) is 0.538. The molecule has 142 valence electrons. The highest BCUT2D eigenvalue weighted by Crippen LogP contribution is 2.34. The average Bonchev–Trinajstić information content (AvgIpc) is 2.66. The minimum atomic E-state index is 0.934. The van der Waals surface area contributed by atoms with Crippen molar-refractivity contribution >= 4 is 13.3 Å². The number of rotatable bonds is 4. The molecular formula is C26H35B. The van der Waals surface area contributed by atoms with E-state index >= 15 is 0 Å². The van der Waals surface area contributed by atoms with Crippen LogP contribution >= 0.6 is 0 Å². The van der Waals surface area contributed by atoms with Crippen molar-refractivity contribution in [2.45, 2.75) is 80.1 Å². The normalized spacial score (nSPS) is 20.1. The van der Waals surface area contributed by atoms with Gasteiger partial charge in [0.25, 0.3) is 0 Å². The van der Waals surface area contributed by atoms with E-state index in [-0.39, 0.29) is 0 Å². The molecule has 2 aromatic carbocycles. The summed E-state index contributed by atoms with van der Waals surface area (Å²) < 4.78 is 0. The summed E-state index contributed by atoms with van der Waals surface area (Å²) in [6, 6.07) is 6.99. The summed E-state index contributed by atoms with van der Waals surface area (Å²) in [6.07, 6.45) is 8.30. The Labute approximate surface area is 168 Å². The van der Waals surface area contributed by atoms with Crippen LogP contribution in [0.4, 0.5) is 0 Å². The van der Waals surface area contributed by atoms with E-state index in [9.17, 15) is 0 Å². The largest absolute Gasteiger partial charge is 0.114 e. The van der Waals surface area contributed by atoms with Crippen LogP contribution in [0.3, 0.4) is 0 Å². The lowest BCUT2D eigenvalue weighted by Gasteiger charge is -2.26. The predicted molar refractivity (Wildman–Crippen MR) is 120 cm³/mol. The Morgan fingerprint density at radius 2 is 1.44 bits per heavy atom. The summed E-state index contributed by atoms with van der Waals surface area (Å²) in [6.45, 7) is 13.5. The lowest BCUT2D eigenvalue weighted by molar-refractivity contribution is 0.277. The van der Waals surface area contributed by atoms with E-state index in [4.69, 9.17) is 7.85 Å². The molecule has 0 atom stereocenters. The first kappa shape index (κ1) is 20.2. The molecule has 0 nitrogen and oxygen atoms in total. The molecule has 0 saturated heterocycles. The zero-order chi connectivity index (χ0) is 19.7. The van der Waals surface area contributed by atoms with E-state index in [1.807, 2.05) is 0 Å². The molecule has 1 heteroatoms. The summed E-state index contributed by atoms with van der Waals surface area (Å²) in [5.74, 6) is 1.88. The fourth-order valence-electron chi connectivity index (χ4n) is 4.80. The number of aryl methyl sites for hydroxylation is 2. The third-order valence-corrected chi connectivity index (χ3v) is 7.30.